The van der Waals surface area contributed by atoms with Gasteiger partial charge in [-0.1, -0.05) is 264 Å². The highest BCUT2D eigenvalue weighted by molar-refractivity contribution is 7.58. The fourth-order valence-corrected chi connectivity index (χ4v) is 11.1. The second-order valence-corrected chi connectivity index (χ2v) is 23.3. The number of ether oxygens (including phenoxy) is 1. The molecule has 1 saturated heterocycles. The highest BCUT2D eigenvalue weighted by atomic mass is 31.2. The fraction of sp³-hybridized carbons (Fsp3) is 0.963. The van der Waals surface area contributed by atoms with Gasteiger partial charge in [-0.2, -0.15) is 0 Å². The summed E-state index contributed by atoms with van der Waals surface area (Å²) in [6, 6.07) is 0. The van der Waals surface area contributed by atoms with Gasteiger partial charge < -0.3 is 38.4 Å². The Hall–Kier alpha value is 0.280. The second-order valence-electron chi connectivity index (χ2n) is 19.7. The van der Waals surface area contributed by atoms with Gasteiger partial charge in [-0.3, -0.25) is 0 Å². The van der Waals surface area contributed by atoms with Crippen molar-refractivity contribution in [1.29, 1.82) is 0 Å². The number of hydrogen-bond donors (Lipinski definition) is 3. The van der Waals surface area contributed by atoms with E-state index in [1.54, 1.807) is 0 Å². The summed E-state index contributed by atoms with van der Waals surface area (Å²) in [7, 11) is -6.42. The van der Waals surface area contributed by atoms with Crippen LogP contribution in [0.15, 0.2) is 0 Å². The van der Waals surface area contributed by atoms with Gasteiger partial charge in [-0.15, -0.1) is 0 Å². The summed E-state index contributed by atoms with van der Waals surface area (Å²) in [5, 5.41) is 0. The molecule has 0 saturated carbocycles. The molecular weight excluding hydrogens is 837 g/mol. The molecule has 0 spiro atoms. The Bertz CT molecular complexity index is 1050. The Labute approximate surface area is 399 Å². The van der Waals surface area contributed by atoms with Crippen molar-refractivity contribution in [2.24, 2.45) is 5.73 Å². The van der Waals surface area contributed by atoms with Crippen LogP contribution in [0.2, 0.25) is 0 Å². The molecule has 4 atom stereocenters. The molecule has 1 aliphatic rings. The van der Waals surface area contributed by atoms with Crippen molar-refractivity contribution in [2.75, 3.05) is 33.0 Å². The fourth-order valence-electron chi connectivity index (χ4n) is 9.10. The standard InChI is InChI=1S/C54H111NO7P2/c1-4-5-6-7-8-9-10-11-12-13-14-15-16-17-18-19-20-21-22-23-24-25-26-27-28-29-30-31-32-33-34-35-36-37-38-39-40-42-45-49-59-63(2,56)61-52-54-53(47-51-58-54)62-64(3,57)60-50-46-43-41-44-48-55/h53-54,56-57H,2-52,55H2,1H3. The average Bonchev–Trinajstić information content (AvgIpc) is 3.72. The lowest BCUT2D eigenvalue weighted by Crippen LogP contribution is -2.28. The van der Waals surface area contributed by atoms with Crippen molar-refractivity contribution in [3.05, 3.63) is 0 Å². The van der Waals surface area contributed by atoms with E-state index in [1.165, 1.54) is 238 Å². The molecule has 0 aromatic carbocycles. The van der Waals surface area contributed by atoms with Gasteiger partial charge in [0.15, 0.2) is 0 Å². The molecule has 8 nitrogen and oxygen atoms in total. The van der Waals surface area contributed by atoms with Gasteiger partial charge >= 0.3 is 0 Å². The van der Waals surface area contributed by atoms with E-state index >= 15 is 0 Å². The number of rotatable bonds is 53. The van der Waals surface area contributed by atoms with Crippen molar-refractivity contribution >= 4 is 27.7 Å². The van der Waals surface area contributed by atoms with E-state index < -0.39 is 27.3 Å². The van der Waals surface area contributed by atoms with Crippen molar-refractivity contribution in [3.8, 4) is 0 Å². The molecular formula is C54H111NO7P2. The molecule has 384 valence electrons. The van der Waals surface area contributed by atoms with Gasteiger partial charge in [0.2, 0.25) is 15.1 Å². The molecule has 1 rings (SSSR count). The smallest absolute Gasteiger partial charge is 0.248 e. The maximum absolute atomic E-state index is 10.6. The van der Waals surface area contributed by atoms with E-state index in [0.29, 0.717) is 32.8 Å². The molecule has 4 unspecified atom stereocenters. The van der Waals surface area contributed by atoms with Crippen LogP contribution in [-0.2, 0) is 22.8 Å². The highest BCUT2D eigenvalue weighted by Gasteiger charge is 2.34. The molecule has 1 heterocycles. The van der Waals surface area contributed by atoms with Crippen LogP contribution in [0.1, 0.15) is 289 Å². The van der Waals surface area contributed by atoms with E-state index in [2.05, 4.69) is 19.5 Å². The minimum atomic E-state index is -3.22. The normalized spacial score (nSPS) is 17.3. The van der Waals surface area contributed by atoms with Crippen LogP contribution in [0.3, 0.4) is 0 Å². The Morgan fingerprint density at radius 1 is 0.422 bits per heavy atom. The highest BCUT2D eigenvalue weighted by Crippen LogP contribution is 2.48. The van der Waals surface area contributed by atoms with Crippen molar-refractivity contribution in [3.63, 3.8) is 0 Å². The third-order valence-electron chi connectivity index (χ3n) is 13.3. The zero-order chi connectivity index (χ0) is 46.3. The lowest BCUT2D eigenvalue weighted by molar-refractivity contribution is 0.00746. The SMILES string of the molecule is C=P(O)(OCCCCCCCCCCCCCCCCCCCCCCCCCCCCCCCCCCCCCCCCC)OCC1OCCC1OP(=C)(O)OCCCCCCN. The number of hydrogen-bond acceptors (Lipinski definition) is 8. The molecule has 64 heavy (non-hydrogen) atoms. The summed E-state index contributed by atoms with van der Waals surface area (Å²) in [5.41, 5.74) is 5.53. The molecule has 0 aromatic rings. The molecule has 0 bridgehead atoms. The van der Waals surface area contributed by atoms with Crippen molar-refractivity contribution < 1.29 is 32.6 Å². The predicted octanol–water partition coefficient (Wildman–Crippen LogP) is 17.3. The number of nitrogens with two attached hydrogens (primary N) is 1. The maximum Gasteiger partial charge on any atom is 0.248 e. The lowest BCUT2D eigenvalue weighted by atomic mass is 10.0. The van der Waals surface area contributed by atoms with Crippen LogP contribution < -0.4 is 5.73 Å². The zero-order valence-corrected chi connectivity index (χ0v) is 44.4. The summed E-state index contributed by atoms with van der Waals surface area (Å²) in [6.45, 7) is 4.38. The van der Waals surface area contributed by atoms with E-state index in [4.69, 9.17) is 28.6 Å². The molecule has 4 N–H and O–H groups in total. The first-order valence-electron chi connectivity index (χ1n) is 28.2. The summed E-state index contributed by atoms with van der Waals surface area (Å²) in [5.74, 6) is 0. The minimum Gasteiger partial charge on any atom is -0.373 e. The topological polar surface area (TPSA) is 113 Å². The summed E-state index contributed by atoms with van der Waals surface area (Å²) in [4.78, 5) is 21.2. The van der Waals surface area contributed by atoms with E-state index in [9.17, 15) is 9.79 Å². The Kier molecular flexibility index (Phi) is 45.7. The van der Waals surface area contributed by atoms with Gasteiger partial charge in [0.1, 0.15) is 6.10 Å². The van der Waals surface area contributed by atoms with E-state index in [-0.39, 0.29) is 6.61 Å². The van der Waals surface area contributed by atoms with Gasteiger partial charge in [0.05, 0.1) is 25.9 Å². The molecule has 0 amide bonds. The van der Waals surface area contributed by atoms with E-state index in [1.807, 2.05) is 0 Å². The van der Waals surface area contributed by atoms with Crippen molar-refractivity contribution in [1.82, 2.24) is 0 Å². The first kappa shape index (κ1) is 62.3. The van der Waals surface area contributed by atoms with Crippen LogP contribution in [0.25, 0.3) is 0 Å². The Balaban J connectivity index is 1.76. The van der Waals surface area contributed by atoms with Gasteiger partial charge in [-0.05, 0) is 38.4 Å². The van der Waals surface area contributed by atoms with Crippen LogP contribution in [0, 0.1) is 0 Å². The molecule has 1 aliphatic heterocycles. The van der Waals surface area contributed by atoms with Crippen LogP contribution >= 0.6 is 15.1 Å². The Morgan fingerprint density at radius 2 is 0.703 bits per heavy atom. The molecule has 10 heteroatoms. The largest absolute Gasteiger partial charge is 0.373 e. The minimum absolute atomic E-state index is 0.0806. The number of unbranched alkanes of at least 4 members (excludes halogenated alkanes) is 41. The molecule has 0 aromatic heterocycles. The van der Waals surface area contributed by atoms with E-state index in [0.717, 1.165) is 38.5 Å². The summed E-state index contributed by atoms with van der Waals surface area (Å²) in [6.07, 6.45) is 66.2. The molecule has 0 radical (unpaired) electrons. The quantitative estimate of drug-likeness (QED) is 0.0408. The average molecular weight is 948 g/mol. The third kappa shape index (κ3) is 43.6. The van der Waals surface area contributed by atoms with Gasteiger partial charge in [0, 0.05) is 13.0 Å². The van der Waals surface area contributed by atoms with Crippen molar-refractivity contribution in [2.45, 2.75) is 302 Å². The zero-order valence-electron chi connectivity index (χ0n) is 42.6. The lowest BCUT2D eigenvalue weighted by Gasteiger charge is -2.26. The third-order valence-corrected chi connectivity index (χ3v) is 15.6. The monoisotopic (exact) mass is 948 g/mol. The van der Waals surface area contributed by atoms with Crippen LogP contribution in [0.4, 0.5) is 0 Å². The first-order chi connectivity index (χ1) is 31.3. The summed E-state index contributed by atoms with van der Waals surface area (Å²) < 4.78 is 28.4. The van der Waals surface area contributed by atoms with Gasteiger partial charge in [0.25, 0.3) is 0 Å². The second kappa shape index (κ2) is 47.0. The molecule has 1 fully saturated rings. The van der Waals surface area contributed by atoms with Crippen LogP contribution in [-0.4, -0.2) is 67.6 Å². The first-order valence-corrected chi connectivity index (χ1v) is 31.7. The Morgan fingerprint density at radius 3 is 1.02 bits per heavy atom. The predicted molar refractivity (Wildman–Crippen MR) is 283 cm³/mol. The summed E-state index contributed by atoms with van der Waals surface area (Å²) >= 11 is 0. The molecule has 0 aliphatic carbocycles. The maximum atomic E-state index is 10.6. The van der Waals surface area contributed by atoms with Crippen LogP contribution in [0.5, 0.6) is 0 Å². The van der Waals surface area contributed by atoms with Gasteiger partial charge in [-0.25, -0.2) is 0 Å².